The van der Waals surface area contributed by atoms with Gasteiger partial charge in [-0.2, -0.15) is 0 Å². The van der Waals surface area contributed by atoms with Gasteiger partial charge in [0.05, 0.1) is 18.2 Å². The molecule has 0 saturated carbocycles. The van der Waals surface area contributed by atoms with Gasteiger partial charge in [-0.25, -0.2) is 9.18 Å². The first-order chi connectivity index (χ1) is 12.4. The first-order valence-electron chi connectivity index (χ1n) is 7.45. The lowest BCUT2D eigenvalue weighted by Crippen LogP contribution is -2.20. The zero-order valence-corrected chi connectivity index (χ0v) is 13.9. The molecule has 0 aliphatic heterocycles. The lowest BCUT2D eigenvalue weighted by Gasteiger charge is -2.09. The molecule has 2 N–H and O–H groups in total. The van der Waals surface area contributed by atoms with Crippen molar-refractivity contribution in [2.75, 3.05) is 20.3 Å². The third kappa shape index (κ3) is 5.04. The molecule has 0 aliphatic rings. The van der Waals surface area contributed by atoms with Crippen molar-refractivity contribution in [1.29, 1.82) is 0 Å². The number of halogens is 1. The third-order valence-corrected chi connectivity index (χ3v) is 3.27. The van der Waals surface area contributed by atoms with Gasteiger partial charge in [-0.3, -0.25) is 9.59 Å². The van der Waals surface area contributed by atoms with E-state index in [0.717, 1.165) is 12.1 Å². The zero-order valence-electron chi connectivity index (χ0n) is 13.9. The van der Waals surface area contributed by atoms with Crippen LogP contribution in [-0.4, -0.2) is 38.0 Å². The molecule has 26 heavy (non-hydrogen) atoms. The summed E-state index contributed by atoms with van der Waals surface area (Å²) in [4.78, 5) is 34.8. The maximum absolute atomic E-state index is 13.3. The Morgan fingerprint density at radius 2 is 1.73 bits per heavy atom. The van der Waals surface area contributed by atoms with Crippen LogP contribution in [0.5, 0.6) is 11.5 Å². The Kier molecular flexibility index (Phi) is 6.26. The monoisotopic (exact) mass is 361 g/mol. The fourth-order valence-corrected chi connectivity index (χ4v) is 2.03. The summed E-state index contributed by atoms with van der Waals surface area (Å²) in [7, 11) is 1.35. The van der Waals surface area contributed by atoms with E-state index in [4.69, 9.17) is 19.9 Å². The van der Waals surface area contributed by atoms with Crippen LogP contribution in [0.25, 0.3) is 0 Å². The molecule has 0 saturated heterocycles. The number of Topliss-reactive ketones (excluding diaryl/α,β-unsaturated/α-hetero) is 1. The second-order valence-corrected chi connectivity index (χ2v) is 5.12. The van der Waals surface area contributed by atoms with Crippen molar-refractivity contribution in [3.63, 3.8) is 0 Å². The van der Waals surface area contributed by atoms with Gasteiger partial charge in [0.1, 0.15) is 17.3 Å². The summed E-state index contributed by atoms with van der Waals surface area (Å²) in [6.45, 7) is -0.855. The van der Waals surface area contributed by atoms with Crippen molar-refractivity contribution < 1.29 is 33.0 Å². The molecule has 2 aromatic carbocycles. The van der Waals surface area contributed by atoms with E-state index in [2.05, 4.69) is 0 Å². The van der Waals surface area contributed by atoms with E-state index in [1.165, 1.54) is 37.4 Å². The molecule has 2 rings (SSSR count). The Bertz CT molecular complexity index is 819. The van der Waals surface area contributed by atoms with Crippen molar-refractivity contribution in [3.05, 3.63) is 59.4 Å². The molecular formula is C18H16FNO6. The molecule has 0 spiro atoms. The standard InChI is InChI=1S/C18H16FNO6/c1-24-16-7-4-12(19)8-14(16)15(21)9-26-18(23)11-2-5-13(6-3-11)25-10-17(20)22/h2-8H,9-10H2,1H3,(H2,20,22). The van der Waals surface area contributed by atoms with E-state index in [9.17, 15) is 18.8 Å². The Hall–Kier alpha value is -3.42. The van der Waals surface area contributed by atoms with Crippen LogP contribution in [0.4, 0.5) is 4.39 Å². The lowest BCUT2D eigenvalue weighted by atomic mass is 10.1. The molecule has 1 amide bonds. The minimum atomic E-state index is -0.741. The van der Waals surface area contributed by atoms with E-state index in [0.29, 0.717) is 5.75 Å². The van der Waals surface area contributed by atoms with Crippen molar-refractivity contribution in [1.82, 2.24) is 0 Å². The molecule has 0 heterocycles. The molecule has 8 heteroatoms. The number of carbonyl (C=O) groups excluding carboxylic acids is 3. The van der Waals surface area contributed by atoms with Gasteiger partial charge in [0, 0.05) is 0 Å². The molecule has 0 radical (unpaired) electrons. The average molecular weight is 361 g/mol. The second kappa shape index (κ2) is 8.61. The molecule has 0 fully saturated rings. The highest BCUT2D eigenvalue weighted by Gasteiger charge is 2.16. The number of primary amides is 1. The maximum Gasteiger partial charge on any atom is 0.338 e. The van der Waals surface area contributed by atoms with Crippen molar-refractivity contribution in [2.24, 2.45) is 5.73 Å². The van der Waals surface area contributed by atoms with Crippen molar-refractivity contribution in [2.45, 2.75) is 0 Å². The number of nitrogens with two attached hydrogens (primary N) is 1. The summed E-state index contributed by atoms with van der Waals surface area (Å²) >= 11 is 0. The summed E-state index contributed by atoms with van der Waals surface area (Å²) in [5, 5.41) is 0. The number of ether oxygens (including phenoxy) is 3. The van der Waals surface area contributed by atoms with E-state index in [1.54, 1.807) is 0 Å². The average Bonchev–Trinajstić information content (AvgIpc) is 2.64. The molecule has 0 unspecified atom stereocenters. The molecule has 0 bridgehead atoms. The third-order valence-electron chi connectivity index (χ3n) is 3.27. The summed E-state index contributed by atoms with van der Waals surface area (Å²) in [6.07, 6.45) is 0. The summed E-state index contributed by atoms with van der Waals surface area (Å²) in [6, 6.07) is 9.21. The minimum absolute atomic E-state index is 0.0181. The van der Waals surface area contributed by atoms with Crippen LogP contribution < -0.4 is 15.2 Å². The van der Waals surface area contributed by atoms with Gasteiger partial charge in [0.2, 0.25) is 5.78 Å². The zero-order chi connectivity index (χ0) is 19.1. The number of hydrogen-bond acceptors (Lipinski definition) is 6. The van der Waals surface area contributed by atoms with Gasteiger partial charge in [-0.05, 0) is 42.5 Å². The van der Waals surface area contributed by atoms with Crippen molar-refractivity contribution in [3.8, 4) is 11.5 Å². The molecule has 0 atom stereocenters. The predicted octanol–water partition coefficient (Wildman–Crippen LogP) is 1.74. The Morgan fingerprint density at radius 3 is 2.35 bits per heavy atom. The smallest absolute Gasteiger partial charge is 0.338 e. The number of carbonyl (C=O) groups is 3. The molecule has 136 valence electrons. The molecule has 0 aliphatic carbocycles. The largest absolute Gasteiger partial charge is 0.496 e. The van der Waals surface area contributed by atoms with E-state index >= 15 is 0 Å². The minimum Gasteiger partial charge on any atom is -0.496 e. The Labute approximate surface area is 148 Å². The molecule has 0 aromatic heterocycles. The summed E-state index contributed by atoms with van der Waals surface area (Å²) in [5.74, 6) is -2.04. The van der Waals surface area contributed by atoms with E-state index in [1.807, 2.05) is 0 Å². The van der Waals surface area contributed by atoms with Crippen LogP contribution in [0.1, 0.15) is 20.7 Å². The number of amides is 1. The van der Waals surface area contributed by atoms with Crippen LogP contribution in [0.15, 0.2) is 42.5 Å². The first kappa shape index (κ1) is 18.9. The predicted molar refractivity (Wildman–Crippen MR) is 88.7 cm³/mol. The van der Waals surface area contributed by atoms with Gasteiger partial charge in [0.25, 0.3) is 5.91 Å². The van der Waals surface area contributed by atoms with Crippen LogP contribution in [0.2, 0.25) is 0 Å². The van der Waals surface area contributed by atoms with Gasteiger partial charge in [-0.15, -0.1) is 0 Å². The number of benzene rings is 2. The highest BCUT2D eigenvalue weighted by molar-refractivity contribution is 6.01. The number of ketones is 1. The molecule has 7 nitrogen and oxygen atoms in total. The fraction of sp³-hybridized carbons (Fsp3) is 0.167. The topological polar surface area (TPSA) is 105 Å². The lowest BCUT2D eigenvalue weighted by molar-refractivity contribution is -0.119. The van der Waals surface area contributed by atoms with Crippen molar-refractivity contribution >= 4 is 17.7 Å². The Morgan fingerprint density at radius 1 is 1.04 bits per heavy atom. The Balaban J connectivity index is 1.97. The van der Waals surface area contributed by atoms with Gasteiger partial charge in [-0.1, -0.05) is 0 Å². The van der Waals surface area contributed by atoms with Gasteiger partial charge < -0.3 is 19.9 Å². The fourth-order valence-electron chi connectivity index (χ4n) is 2.03. The highest BCUT2D eigenvalue weighted by atomic mass is 19.1. The van der Waals surface area contributed by atoms with Crippen LogP contribution >= 0.6 is 0 Å². The maximum atomic E-state index is 13.3. The van der Waals surface area contributed by atoms with Crippen LogP contribution in [0.3, 0.4) is 0 Å². The molecular weight excluding hydrogens is 345 g/mol. The summed E-state index contributed by atoms with van der Waals surface area (Å²) in [5.41, 5.74) is 5.12. The van der Waals surface area contributed by atoms with Crippen LogP contribution in [0, 0.1) is 5.82 Å². The van der Waals surface area contributed by atoms with Gasteiger partial charge >= 0.3 is 5.97 Å². The summed E-state index contributed by atoms with van der Waals surface area (Å²) < 4.78 is 28.3. The quantitative estimate of drug-likeness (QED) is 0.567. The number of rotatable bonds is 8. The molecule has 2 aromatic rings. The van der Waals surface area contributed by atoms with Gasteiger partial charge in [0.15, 0.2) is 13.2 Å². The number of esters is 1. The van der Waals surface area contributed by atoms with E-state index in [-0.39, 0.29) is 23.5 Å². The van der Waals surface area contributed by atoms with Crippen LogP contribution in [-0.2, 0) is 9.53 Å². The second-order valence-electron chi connectivity index (χ2n) is 5.12. The number of hydrogen-bond donors (Lipinski definition) is 1. The number of methoxy groups -OCH3 is 1. The highest BCUT2D eigenvalue weighted by Crippen LogP contribution is 2.20. The SMILES string of the molecule is COc1ccc(F)cc1C(=O)COC(=O)c1ccc(OCC(N)=O)cc1. The first-order valence-corrected chi connectivity index (χ1v) is 7.45. The van der Waals surface area contributed by atoms with E-state index < -0.39 is 30.1 Å². The normalized spacial score (nSPS) is 10.1.